The van der Waals surface area contributed by atoms with Gasteiger partial charge in [0.25, 0.3) is 11.8 Å². The lowest BCUT2D eigenvalue weighted by molar-refractivity contribution is -0.137. The first-order valence-corrected chi connectivity index (χ1v) is 7.30. The summed E-state index contributed by atoms with van der Waals surface area (Å²) in [5.74, 6) is -1.21. The number of halogens is 1. The van der Waals surface area contributed by atoms with E-state index in [1.54, 1.807) is 6.07 Å². The van der Waals surface area contributed by atoms with Gasteiger partial charge in [0.2, 0.25) is 0 Å². The van der Waals surface area contributed by atoms with Gasteiger partial charge in [0, 0.05) is 17.8 Å². The zero-order valence-electron chi connectivity index (χ0n) is 13.0. The van der Waals surface area contributed by atoms with Crippen LogP contribution in [-0.4, -0.2) is 41.6 Å². The van der Waals surface area contributed by atoms with Crippen LogP contribution in [0.25, 0.3) is 0 Å². The average molecular weight is 322 g/mol. The van der Waals surface area contributed by atoms with Gasteiger partial charge in [-0.3, -0.25) is 14.5 Å². The van der Waals surface area contributed by atoms with Crippen LogP contribution in [0, 0.1) is 11.7 Å². The van der Waals surface area contributed by atoms with Gasteiger partial charge in [-0.1, -0.05) is 13.8 Å². The molecule has 0 radical (unpaired) electrons. The van der Waals surface area contributed by atoms with Crippen LogP contribution in [0.2, 0.25) is 0 Å². The first kappa shape index (κ1) is 17.0. The number of aliphatic hydroxyl groups excluding tert-OH is 1. The molecule has 0 atom stereocenters. The highest BCUT2D eigenvalue weighted by Gasteiger charge is 2.30. The monoisotopic (exact) mass is 322 g/mol. The van der Waals surface area contributed by atoms with Gasteiger partial charge in [0.15, 0.2) is 11.6 Å². The number of β-amino-alcohol motifs (C(OH)–C–C–N with tert-alkyl or cyclic N) is 1. The Morgan fingerprint density at radius 3 is 2.70 bits per heavy atom. The molecule has 124 valence electrons. The maximum Gasteiger partial charge on any atom is 0.277 e. The number of hydrogen-bond donors (Lipinski definition) is 2. The predicted octanol–water partition coefficient (Wildman–Crippen LogP) is 1.52. The number of hydrogen-bond acceptors (Lipinski definition) is 5. The van der Waals surface area contributed by atoms with Crippen molar-refractivity contribution < 1.29 is 23.8 Å². The van der Waals surface area contributed by atoms with E-state index in [2.05, 4.69) is 5.32 Å². The van der Waals surface area contributed by atoms with Crippen LogP contribution >= 0.6 is 0 Å². The highest BCUT2D eigenvalue weighted by atomic mass is 19.1. The Hall–Kier alpha value is -2.41. The molecule has 1 aromatic carbocycles. The molecular formula is C16H19FN2O4. The van der Waals surface area contributed by atoms with Crippen LogP contribution in [0.4, 0.5) is 10.1 Å². The van der Waals surface area contributed by atoms with Crippen LogP contribution in [0.3, 0.4) is 0 Å². The third-order valence-corrected chi connectivity index (χ3v) is 3.12. The molecule has 1 heterocycles. The van der Waals surface area contributed by atoms with Crippen molar-refractivity contribution in [3.05, 3.63) is 35.8 Å². The summed E-state index contributed by atoms with van der Waals surface area (Å²) in [6.45, 7) is 3.94. The lowest BCUT2D eigenvalue weighted by atomic mass is 10.2. The topological polar surface area (TPSA) is 78.9 Å². The molecule has 0 aliphatic carbocycles. The summed E-state index contributed by atoms with van der Waals surface area (Å²) in [6.07, 6.45) is 1.12. The number of nitrogens with one attached hydrogen (secondary N) is 1. The second kappa shape index (κ2) is 7.23. The molecule has 0 spiro atoms. The Bertz CT molecular complexity index is 643. The smallest absolute Gasteiger partial charge is 0.277 e. The van der Waals surface area contributed by atoms with Crippen LogP contribution in [0.15, 0.2) is 30.0 Å². The Balaban J connectivity index is 2.06. The van der Waals surface area contributed by atoms with Gasteiger partial charge in [-0.15, -0.1) is 0 Å². The summed E-state index contributed by atoms with van der Waals surface area (Å²) in [7, 11) is 0. The van der Waals surface area contributed by atoms with Crippen molar-refractivity contribution >= 4 is 17.5 Å². The molecule has 23 heavy (non-hydrogen) atoms. The van der Waals surface area contributed by atoms with Crippen molar-refractivity contribution in [3.8, 4) is 5.75 Å². The fourth-order valence-corrected chi connectivity index (χ4v) is 2.02. The molecule has 0 saturated carbocycles. The number of amides is 2. The predicted molar refractivity (Wildman–Crippen MR) is 82.2 cm³/mol. The van der Waals surface area contributed by atoms with Gasteiger partial charge >= 0.3 is 0 Å². The van der Waals surface area contributed by atoms with Gasteiger partial charge in [-0.05, 0) is 18.1 Å². The zero-order chi connectivity index (χ0) is 17.0. The van der Waals surface area contributed by atoms with Crippen molar-refractivity contribution in [1.29, 1.82) is 0 Å². The molecule has 0 aromatic heterocycles. The Labute approximate surface area is 133 Å². The maximum atomic E-state index is 14.0. The summed E-state index contributed by atoms with van der Waals surface area (Å²) >= 11 is 0. The van der Waals surface area contributed by atoms with Gasteiger partial charge in [-0.25, -0.2) is 4.39 Å². The van der Waals surface area contributed by atoms with Gasteiger partial charge in [0.1, 0.15) is 5.70 Å². The molecule has 1 aromatic rings. The van der Waals surface area contributed by atoms with Crippen molar-refractivity contribution in [1.82, 2.24) is 4.90 Å². The molecule has 7 heteroatoms. The summed E-state index contributed by atoms with van der Waals surface area (Å²) < 4.78 is 19.3. The molecule has 0 fully saturated rings. The molecule has 0 saturated heterocycles. The maximum absolute atomic E-state index is 14.0. The van der Waals surface area contributed by atoms with Crippen LogP contribution < -0.4 is 10.1 Å². The van der Waals surface area contributed by atoms with Gasteiger partial charge in [0.05, 0.1) is 19.8 Å². The summed E-state index contributed by atoms with van der Waals surface area (Å²) in [5, 5.41) is 11.6. The Morgan fingerprint density at radius 1 is 1.35 bits per heavy atom. The second-order valence-corrected chi connectivity index (χ2v) is 5.55. The number of benzene rings is 1. The lowest BCUT2D eigenvalue weighted by Crippen LogP contribution is -2.34. The SMILES string of the molecule is CC(C)COc1ccc(NC2=CC(=O)N(CCO)C2=O)cc1F. The quantitative estimate of drug-likeness (QED) is 0.744. The molecule has 0 bridgehead atoms. The van der Waals surface area contributed by atoms with E-state index in [0.717, 1.165) is 11.0 Å². The van der Waals surface area contributed by atoms with E-state index in [9.17, 15) is 14.0 Å². The van der Waals surface area contributed by atoms with Crippen molar-refractivity contribution in [2.75, 3.05) is 25.1 Å². The van der Waals surface area contributed by atoms with E-state index in [1.807, 2.05) is 13.8 Å². The molecule has 2 N–H and O–H groups in total. The standard InChI is InChI=1S/C16H19FN2O4/c1-10(2)9-23-14-4-3-11(7-12(14)17)18-13-8-15(21)19(5-6-20)16(13)22/h3-4,7-8,10,18,20H,5-6,9H2,1-2H3. The molecule has 1 aliphatic heterocycles. The van der Waals surface area contributed by atoms with Gasteiger partial charge in [-0.2, -0.15) is 0 Å². The average Bonchev–Trinajstić information content (AvgIpc) is 2.74. The van der Waals surface area contributed by atoms with Crippen LogP contribution in [0.5, 0.6) is 5.75 Å². The number of rotatable bonds is 7. The van der Waals surface area contributed by atoms with Gasteiger partial charge < -0.3 is 15.2 Å². The third kappa shape index (κ3) is 4.07. The lowest BCUT2D eigenvalue weighted by Gasteiger charge is -2.14. The fourth-order valence-electron chi connectivity index (χ4n) is 2.02. The van der Waals surface area contributed by atoms with E-state index in [0.29, 0.717) is 12.3 Å². The number of nitrogens with zero attached hydrogens (tertiary/aromatic N) is 1. The molecule has 2 amide bonds. The van der Waals surface area contributed by atoms with E-state index in [-0.39, 0.29) is 30.5 Å². The highest BCUT2D eigenvalue weighted by Crippen LogP contribution is 2.24. The van der Waals surface area contributed by atoms with Crippen LogP contribution in [-0.2, 0) is 9.59 Å². The normalized spacial score (nSPS) is 14.5. The fraction of sp³-hybridized carbons (Fsp3) is 0.375. The molecule has 1 aliphatic rings. The van der Waals surface area contributed by atoms with Crippen molar-refractivity contribution in [2.24, 2.45) is 5.92 Å². The van der Waals surface area contributed by atoms with E-state index < -0.39 is 17.6 Å². The minimum absolute atomic E-state index is 0.0405. The minimum atomic E-state index is -0.555. The van der Waals surface area contributed by atoms with Crippen LogP contribution in [0.1, 0.15) is 13.8 Å². The number of ether oxygens (including phenoxy) is 1. The first-order valence-electron chi connectivity index (χ1n) is 7.30. The highest BCUT2D eigenvalue weighted by molar-refractivity contribution is 6.17. The number of carbonyl (C=O) groups excluding carboxylic acids is 2. The van der Waals surface area contributed by atoms with Crippen molar-refractivity contribution in [3.63, 3.8) is 0 Å². The Morgan fingerprint density at radius 2 is 2.09 bits per heavy atom. The third-order valence-electron chi connectivity index (χ3n) is 3.12. The number of imide groups is 1. The number of carbonyl (C=O) groups is 2. The molecule has 0 unspecified atom stereocenters. The van der Waals surface area contributed by atoms with E-state index >= 15 is 0 Å². The summed E-state index contributed by atoms with van der Waals surface area (Å²) in [6, 6.07) is 4.22. The van der Waals surface area contributed by atoms with E-state index in [4.69, 9.17) is 9.84 Å². The number of aliphatic hydroxyl groups is 1. The zero-order valence-corrected chi connectivity index (χ0v) is 13.0. The first-order chi connectivity index (χ1) is 10.9. The molecule has 2 rings (SSSR count). The van der Waals surface area contributed by atoms with Crippen molar-refractivity contribution in [2.45, 2.75) is 13.8 Å². The number of anilines is 1. The largest absolute Gasteiger partial charge is 0.490 e. The Kier molecular flexibility index (Phi) is 5.33. The minimum Gasteiger partial charge on any atom is -0.490 e. The summed E-state index contributed by atoms with van der Waals surface area (Å²) in [4.78, 5) is 24.5. The van der Waals surface area contributed by atoms with E-state index in [1.165, 1.54) is 12.1 Å². The summed E-state index contributed by atoms with van der Waals surface area (Å²) in [5.41, 5.74) is 0.372. The molecule has 6 nitrogen and oxygen atoms in total. The second-order valence-electron chi connectivity index (χ2n) is 5.55. The molecular weight excluding hydrogens is 303 g/mol.